The standard InChI is InChI=1S/C23H25N/c1-15(2)22-14-24-23(12-18(22)5)21-13-20(16(3)11-17(21)4)19-9-7-6-8-10-19/h6-15H,1-5H3. The van der Waals surface area contributed by atoms with Gasteiger partial charge in [0.2, 0.25) is 0 Å². The molecule has 1 heterocycles. The molecule has 0 unspecified atom stereocenters. The van der Waals surface area contributed by atoms with E-state index in [2.05, 4.69) is 83.1 Å². The van der Waals surface area contributed by atoms with E-state index in [0.717, 1.165) is 5.69 Å². The first-order valence-electron chi connectivity index (χ1n) is 8.61. The Morgan fingerprint density at radius 3 is 2.04 bits per heavy atom. The minimum Gasteiger partial charge on any atom is -0.256 e. The topological polar surface area (TPSA) is 12.9 Å². The maximum absolute atomic E-state index is 4.76. The molecule has 0 aliphatic rings. The molecule has 3 aromatic rings. The number of nitrogens with zero attached hydrogens (tertiary/aromatic N) is 1. The Bertz CT molecular complexity index is 861. The summed E-state index contributed by atoms with van der Waals surface area (Å²) in [5.41, 5.74) is 10.0. The summed E-state index contributed by atoms with van der Waals surface area (Å²) in [6.07, 6.45) is 2.04. The van der Waals surface area contributed by atoms with E-state index in [1.54, 1.807) is 0 Å². The molecule has 0 N–H and O–H groups in total. The van der Waals surface area contributed by atoms with Crippen LogP contribution in [0, 0.1) is 20.8 Å². The van der Waals surface area contributed by atoms with Gasteiger partial charge in [-0.25, -0.2) is 0 Å². The molecule has 0 amide bonds. The highest BCUT2D eigenvalue weighted by Crippen LogP contribution is 2.32. The second-order valence-electron chi connectivity index (χ2n) is 6.93. The number of hydrogen-bond acceptors (Lipinski definition) is 1. The van der Waals surface area contributed by atoms with Crippen molar-refractivity contribution >= 4 is 0 Å². The molecule has 0 atom stereocenters. The SMILES string of the molecule is Cc1cc(C)c(-c2cc(C)c(C(C)C)cn2)cc1-c1ccccc1. The van der Waals surface area contributed by atoms with Crippen LogP contribution >= 0.6 is 0 Å². The van der Waals surface area contributed by atoms with Crippen LogP contribution in [0.5, 0.6) is 0 Å². The lowest BCUT2D eigenvalue weighted by atomic mass is 9.92. The molecule has 0 aliphatic heterocycles. The van der Waals surface area contributed by atoms with Gasteiger partial charge < -0.3 is 0 Å². The van der Waals surface area contributed by atoms with Crippen molar-refractivity contribution in [3.63, 3.8) is 0 Å². The first-order chi connectivity index (χ1) is 11.5. The van der Waals surface area contributed by atoms with Crippen molar-refractivity contribution in [2.45, 2.75) is 40.5 Å². The largest absolute Gasteiger partial charge is 0.256 e. The van der Waals surface area contributed by atoms with E-state index < -0.39 is 0 Å². The number of aryl methyl sites for hydroxylation is 3. The molecule has 0 saturated heterocycles. The summed E-state index contributed by atoms with van der Waals surface area (Å²) >= 11 is 0. The van der Waals surface area contributed by atoms with Gasteiger partial charge in [0.25, 0.3) is 0 Å². The van der Waals surface area contributed by atoms with E-state index in [1.165, 1.54) is 38.9 Å². The minimum atomic E-state index is 0.505. The summed E-state index contributed by atoms with van der Waals surface area (Å²) in [5, 5.41) is 0. The van der Waals surface area contributed by atoms with Gasteiger partial charge in [-0.1, -0.05) is 50.2 Å². The fourth-order valence-corrected chi connectivity index (χ4v) is 3.38. The first kappa shape index (κ1) is 16.4. The summed E-state index contributed by atoms with van der Waals surface area (Å²) < 4.78 is 0. The number of pyridine rings is 1. The Morgan fingerprint density at radius 1 is 0.750 bits per heavy atom. The lowest BCUT2D eigenvalue weighted by Crippen LogP contribution is -1.97. The van der Waals surface area contributed by atoms with Crippen LogP contribution < -0.4 is 0 Å². The van der Waals surface area contributed by atoms with Crippen LogP contribution in [-0.4, -0.2) is 4.98 Å². The fourth-order valence-electron chi connectivity index (χ4n) is 3.38. The lowest BCUT2D eigenvalue weighted by Gasteiger charge is -2.15. The molecule has 3 rings (SSSR count). The summed E-state index contributed by atoms with van der Waals surface area (Å²) in [5.74, 6) is 0.505. The smallest absolute Gasteiger partial charge is 0.0707 e. The maximum Gasteiger partial charge on any atom is 0.0707 e. The Labute approximate surface area is 145 Å². The third-order valence-corrected chi connectivity index (χ3v) is 4.71. The minimum absolute atomic E-state index is 0.505. The van der Waals surface area contributed by atoms with E-state index in [9.17, 15) is 0 Å². The quantitative estimate of drug-likeness (QED) is 0.540. The zero-order valence-corrected chi connectivity index (χ0v) is 15.2. The van der Waals surface area contributed by atoms with Crippen molar-refractivity contribution in [1.82, 2.24) is 4.98 Å². The summed E-state index contributed by atoms with van der Waals surface area (Å²) in [7, 11) is 0. The first-order valence-corrected chi connectivity index (χ1v) is 8.61. The van der Waals surface area contributed by atoms with Gasteiger partial charge in [0.15, 0.2) is 0 Å². The van der Waals surface area contributed by atoms with Gasteiger partial charge in [-0.15, -0.1) is 0 Å². The molecule has 0 radical (unpaired) electrons. The van der Waals surface area contributed by atoms with Crippen molar-refractivity contribution in [3.8, 4) is 22.4 Å². The summed E-state index contributed by atoms with van der Waals surface area (Å²) in [4.78, 5) is 4.76. The average molecular weight is 315 g/mol. The highest BCUT2D eigenvalue weighted by Gasteiger charge is 2.11. The molecule has 0 bridgehead atoms. The molecule has 2 aromatic carbocycles. The monoisotopic (exact) mass is 315 g/mol. The second kappa shape index (κ2) is 6.60. The van der Waals surface area contributed by atoms with Crippen LogP contribution in [0.3, 0.4) is 0 Å². The molecule has 0 spiro atoms. The second-order valence-corrected chi connectivity index (χ2v) is 6.93. The fraction of sp³-hybridized carbons (Fsp3) is 0.261. The van der Waals surface area contributed by atoms with Crippen molar-refractivity contribution in [2.24, 2.45) is 0 Å². The highest BCUT2D eigenvalue weighted by atomic mass is 14.7. The number of hydrogen-bond donors (Lipinski definition) is 0. The predicted octanol–water partition coefficient (Wildman–Crippen LogP) is 6.46. The maximum atomic E-state index is 4.76. The molecule has 1 aromatic heterocycles. The Morgan fingerprint density at radius 2 is 1.42 bits per heavy atom. The molecule has 122 valence electrons. The van der Waals surface area contributed by atoms with Crippen molar-refractivity contribution < 1.29 is 0 Å². The van der Waals surface area contributed by atoms with Gasteiger partial charge in [-0.3, -0.25) is 4.98 Å². The molecule has 24 heavy (non-hydrogen) atoms. The number of benzene rings is 2. The molecule has 1 nitrogen and oxygen atoms in total. The van der Waals surface area contributed by atoms with Crippen LogP contribution in [-0.2, 0) is 0 Å². The van der Waals surface area contributed by atoms with Gasteiger partial charge in [-0.2, -0.15) is 0 Å². The summed E-state index contributed by atoms with van der Waals surface area (Å²) in [6, 6.07) is 17.4. The van der Waals surface area contributed by atoms with Crippen molar-refractivity contribution in [2.75, 3.05) is 0 Å². The van der Waals surface area contributed by atoms with E-state index in [1.807, 2.05) is 6.20 Å². The zero-order valence-electron chi connectivity index (χ0n) is 15.2. The van der Waals surface area contributed by atoms with Crippen LogP contribution in [0.15, 0.2) is 54.7 Å². The van der Waals surface area contributed by atoms with E-state index in [4.69, 9.17) is 4.98 Å². The predicted molar refractivity (Wildman–Crippen MR) is 103 cm³/mol. The molecule has 0 fully saturated rings. The molecule has 1 heteroatoms. The Balaban J connectivity index is 2.13. The van der Waals surface area contributed by atoms with Gasteiger partial charge >= 0.3 is 0 Å². The third kappa shape index (κ3) is 3.12. The number of rotatable bonds is 3. The van der Waals surface area contributed by atoms with E-state index in [-0.39, 0.29) is 0 Å². The average Bonchev–Trinajstić information content (AvgIpc) is 2.55. The molecular weight excluding hydrogens is 290 g/mol. The van der Waals surface area contributed by atoms with Gasteiger partial charge in [0, 0.05) is 11.8 Å². The Hall–Kier alpha value is -2.41. The highest BCUT2D eigenvalue weighted by molar-refractivity contribution is 5.76. The lowest BCUT2D eigenvalue weighted by molar-refractivity contribution is 0.848. The summed E-state index contributed by atoms with van der Waals surface area (Å²) in [6.45, 7) is 11.0. The van der Waals surface area contributed by atoms with E-state index >= 15 is 0 Å². The van der Waals surface area contributed by atoms with Crippen LogP contribution in [0.4, 0.5) is 0 Å². The normalized spacial score (nSPS) is 11.1. The van der Waals surface area contributed by atoms with Gasteiger partial charge in [0.1, 0.15) is 0 Å². The van der Waals surface area contributed by atoms with Crippen molar-refractivity contribution in [3.05, 3.63) is 77.0 Å². The van der Waals surface area contributed by atoms with Crippen LogP contribution in [0.1, 0.15) is 42.0 Å². The van der Waals surface area contributed by atoms with Crippen LogP contribution in [0.25, 0.3) is 22.4 Å². The van der Waals surface area contributed by atoms with E-state index in [0.29, 0.717) is 5.92 Å². The molecule has 0 saturated carbocycles. The molecular formula is C23H25N. The van der Waals surface area contributed by atoms with Crippen molar-refractivity contribution in [1.29, 1.82) is 0 Å². The zero-order chi connectivity index (χ0) is 17.3. The van der Waals surface area contributed by atoms with Gasteiger partial charge in [-0.05, 0) is 72.2 Å². The molecule has 0 aliphatic carbocycles. The van der Waals surface area contributed by atoms with Gasteiger partial charge in [0.05, 0.1) is 5.69 Å². The number of aromatic nitrogens is 1. The third-order valence-electron chi connectivity index (χ3n) is 4.71. The Kier molecular flexibility index (Phi) is 4.53. The van der Waals surface area contributed by atoms with Crippen LogP contribution in [0.2, 0.25) is 0 Å².